The predicted octanol–water partition coefficient (Wildman–Crippen LogP) is 2.50. The lowest BCUT2D eigenvalue weighted by molar-refractivity contribution is 0.0686. The van der Waals surface area contributed by atoms with Crippen LogP contribution in [-0.2, 0) is 7.05 Å². The van der Waals surface area contributed by atoms with Crippen LogP contribution >= 0.6 is 0 Å². The average molecular weight is 233 g/mol. The van der Waals surface area contributed by atoms with Crippen molar-refractivity contribution in [2.45, 2.75) is 13.8 Å². The van der Waals surface area contributed by atoms with E-state index < -0.39 is 5.97 Å². The van der Waals surface area contributed by atoms with E-state index in [1.807, 2.05) is 26.0 Å². The van der Waals surface area contributed by atoms with Crippen molar-refractivity contribution in [1.29, 1.82) is 0 Å². The van der Waals surface area contributed by atoms with Gasteiger partial charge in [0.25, 0.3) is 0 Å². The molecule has 4 nitrogen and oxygen atoms in total. The van der Waals surface area contributed by atoms with Gasteiger partial charge in [-0.25, -0.2) is 4.79 Å². The van der Waals surface area contributed by atoms with Crippen LogP contribution in [0.5, 0.6) is 5.75 Å². The predicted molar refractivity (Wildman–Crippen MR) is 65.9 cm³/mol. The van der Waals surface area contributed by atoms with Crippen LogP contribution in [0.2, 0.25) is 0 Å². The van der Waals surface area contributed by atoms with Gasteiger partial charge in [0.05, 0.1) is 12.6 Å². The molecule has 1 aromatic heterocycles. The number of benzene rings is 1. The third-order valence-corrected chi connectivity index (χ3v) is 3.17. The summed E-state index contributed by atoms with van der Waals surface area (Å²) in [6.07, 6.45) is 0. The largest absolute Gasteiger partial charge is 0.495 e. The third kappa shape index (κ3) is 1.48. The quantitative estimate of drug-likeness (QED) is 0.867. The third-order valence-electron chi connectivity index (χ3n) is 3.17. The second kappa shape index (κ2) is 3.80. The standard InChI is InChI=1S/C13H15NO3/c1-7-5-6-9(17-4)12-10(7)8(2)11(13(15)16)14(12)3/h5-6H,1-4H3,(H,15,16). The minimum atomic E-state index is -0.914. The number of rotatable bonds is 2. The highest BCUT2D eigenvalue weighted by molar-refractivity contribution is 6.01. The van der Waals surface area contributed by atoms with Crippen molar-refractivity contribution in [3.05, 3.63) is 29.0 Å². The average Bonchev–Trinajstić information content (AvgIpc) is 2.53. The molecule has 0 unspecified atom stereocenters. The van der Waals surface area contributed by atoms with E-state index in [1.54, 1.807) is 18.7 Å². The minimum absolute atomic E-state index is 0.313. The second-order valence-electron chi connectivity index (χ2n) is 4.15. The van der Waals surface area contributed by atoms with E-state index in [9.17, 15) is 9.90 Å². The number of ether oxygens (including phenoxy) is 1. The minimum Gasteiger partial charge on any atom is -0.495 e. The summed E-state index contributed by atoms with van der Waals surface area (Å²) in [5.41, 5.74) is 2.99. The molecule has 0 radical (unpaired) electrons. The fourth-order valence-electron chi connectivity index (χ4n) is 2.43. The van der Waals surface area contributed by atoms with Crippen LogP contribution in [0.4, 0.5) is 0 Å². The normalized spacial score (nSPS) is 10.8. The lowest BCUT2D eigenvalue weighted by atomic mass is 10.1. The molecular formula is C13H15NO3. The van der Waals surface area contributed by atoms with Crippen molar-refractivity contribution in [1.82, 2.24) is 4.57 Å². The Hall–Kier alpha value is -1.97. The number of aromatic carboxylic acids is 1. The summed E-state index contributed by atoms with van der Waals surface area (Å²) < 4.78 is 6.98. The molecule has 0 aliphatic rings. The fraction of sp³-hybridized carbons (Fsp3) is 0.308. The molecule has 0 aliphatic heterocycles. The van der Waals surface area contributed by atoms with Gasteiger partial charge in [0.15, 0.2) is 0 Å². The summed E-state index contributed by atoms with van der Waals surface area (Å²) in [4.78, 5) is 11.3. The Bertz CT molecular complexity index is 611. The first-order valence-electron chi connectivity index (χ1n) is 5.35. The van der Waals surface area contributed by atoms with Crippen LogP contribution in [-0.4, -0.2) is 22.8 Å². The van der Waals surface area contributed by atoms with Crippen LogP contribution in [0.3, 0.4) is 0 Å². The van der Waals surface area contributed by atoms with E-state index >= 15 is 0 Å². The molecule has 0 fully saturated rings. The first-order valence-corrected chi connectivity index (χ1v) is 5.35. The van der Waals surface area contributed by atoms with E-state index in [4.69, 9.17) is 4.74 Å². The summed E-state index contributed by atoms with van der Waals surface area (Å²) in [5, 5.41) is 10.2. The molecule has 1 N–H and O–H groups in total. The SMILES string of the molecule is COc1ccc(C)c2c(C)c(C(=O)O)n(C)c12. The number of carboxylic acids is 1. The van der Waals surface area contributed by atoms with Crippen molar-refractivity contribution in [2.24, 2.45) is 7.05 Å². The molecule has 1 heterocycles. The Labute approximate surface area is 99.4 Å². The maximum absolute atomic E-state index is 11.3. The fourth-order valence-corrected chi connectivity index (χ4v) is 2.43. The van der Waals surface area contributed by atoms with E-state index in [0.717, 1.165) is 22.0 Å². The number of fused-ring (bicyclic) bond motifs is 1. The Balaban J connectivity index is 3.01. The van der Waals surface area contributed by atoms with Gasteiger partial charge < -0.3 is 14.4 Å². The van der Waals surface area contributed by atoms with Crippen LogP contribution in [0, 0.1) is 13.8 Å². The lowest BCUT2D eigenvalue weighted by Crippen LogP contribution is -2.05. The molecule has 0 spiro atoms. The zero-order valence-electron chi connectivity index (χ0n) is 10.4. The van der Waals surface area contributed by atoms with Gasteiger partial charge in [-0.05, 0) is 31.0 Å². The molecule has 1 aromatic carbocycles. The molecule has 0 saturated heterocycles. The summed E-state index contributed by atoms with van der Waals surface area (Å²) in [5.74, 6) is -0.216. The van der Waals surface area contributed by atoms with Gasteiger partial charge in [-0.1, -0.05) is 6.07 Å². The van der Waals surface area contributed by atoms with Gasteiger partial charge in [0.2, 0.25) is 0 Å². The van der Waals surface area contributed by atoms with Gasteiger partial charge in [-0.15, -0.1) is 0 Å². The number of nitrogens with zero attached hydrogens (tertiary/aromatic N) is 1. The molecule has 90 valence electrons. The number of hydrogen-bond donors (Lipinski definition) is 1. The highest BCUT2D eigenvalue weighted by atomic mass is 16.5. The number of aryl methyl sites for hydroxylation is 3. The Morgan fingerprint density at radius 2 is 2.00 bits per heavy atom. The summed E-state index contributed by atoms with van der Waals surface area (Å²) in [6.45, 7) is 3.80. The first kappa shape index (κ1) is 11.5. The van der Waals surface area contributed by atoms with E-state index in [0.29, 0.717) is 11.4 Å². The maximum Gasteiger partial charge on any atom is 0.352 e. The van der Waals surface area contributed by atoms with E-state index in [2.05, 4.69) is 0 Å². The Morgan fingerprint density at radius 3 is 2.53 bits per heavy atom. The van der Waals surface area contributed by atoms with Crippen molar-refractivity contribution in [3.63, 3.8) is 0 Å². The summed E-state index contributed by atoms with van der Waals surface area (Å²) in [6, 6.07) is 3.81. The molecule has 0 aliphatic carbocycles. The van der Waals surface area contributed by atoms with Gasteiger partial charge >= 0.3 is 5.97 Å². The Kier molecular flexibility index (Phi) is 2.58. The molecule has 4 heteroatoms. The summed E-state index contributed by atoms with van der Waals surface area (Å²) in [7, 11) is 3.34. The maximum atomic E-state index is 11.3. The molecular weight excluding hydrogens is 218 g/mol. The zero-order valence-corrected chi connectivity index (χ0v) is 10.4. The summed E-state index contributed by atoms with van der Waals surface area (Å²) >= 11 is 0. The molecule has 0 atom stereocenters. The number of carboxylic acid groups (broad SMARTS) is 1. The second-order valence-corrected chi connectivity index (χ2v) is 4.15. The van der Waals surface area contributed by atoms with E-state index in [-0.39, 0.29) is 0 Å². The van der Waals surface area contributed by atoms with Gasteiger partial charge in [-0.3, -0.25) is 0 Å². The van der Waals surface area contributed by atoms with Crippen molar-refractivity contribution in [2.75, 3.05) is 7.11 Å². The van der Waals surface area contributed by atoms with Gasteiger partial charge in [0.1, 0.15) is 11.4 Å². The number of methoxy groups -OCH3 is 1. The molecule has 0 saturated carbocycles. The molecule has 2 rings (SSSR count). The van der Waals surface area contributed by atoms with Crippen LogP contribution in [0.1, 0.15) is 21.6 Å². The first-order chi connectivity index (χ1) is 7.99. The van der Waals surface area contributed by atoms with Gasteiger partial charge in [0, 0.05) is 12.4 Å². The monoisotopic (exact) mass is 233 g/mol. The smallest absolute Gasteiger partial charge is 0.352 e. The topological polar surface area (TPSA) is 51.5 Å². The van der Waals surface area contributed by atoms with Crippen LogP contribution in [0.25, 0.3) is 10.9 Å². The molecule has 0 amide bonds. The highest BCUT2D eigenvalue weighted by Crippen LogP contribution is 2.34. The Morgan fingerprint density at radius 1 is 1.35 bits per heavy atom. The highest BCUT2D eigenvalue weighted by Gasteiger charge is 2.21. The molecule has 2 aromatic rings. The molecule has 0 bridgehead atoms. The molecule has 17 heavy (non-hydrogen) atoms. The number of carbonyl (C=O) groups is 1. The van der Waals surface area contributed by atoms with Crippen LogP contribution < -0.4 is 4.74 Å². The van der Waals surface area contributed by atoms with Gasteiger partial charge in [-0.2, -0.15) is 0 Å². The number of aromatic nitrogens is 1. The number of hydrogen-bond acceptors (Lipinski definition) is 2. The van der Waals surface area contributed by atoms with Crippen molar-refractivity contribution in [3.8, 4) is 5.75 Å². The van der Waals surface area contributed by atoms with Crippen molar-refractivity contribution >= 4 is 16.9 Å². The lowest BCUT2D eigenvalue weighted by Gasteiger charge is -2.06. The zero-order chi connectivity index (χ0) is 12.7. The van der Waals surface area contributed by atoms with Crippen LogP contribution in [0.15, 0.2) is 12.1 Å². The van der Waals surface area contributed by atoms with Crippen molar-refractivity contribution < 1.29 is 14.6 Å². The van der Waals surface area contributed by atoms with E-state index in [1.165, 1.54) is 0 Å².